The van der Waals surface area contributed by atoms with E-state index in [9.17, 15) is 0 Å². The van der Waals surface area contributed by atoms with Crippen molar-refractivity contribution in [3.05, 3.63) is 197 Å². The monoisotopic (exact) mass is 513 g/mol. The maximum Gasteiger partial charge on any atom is 0.0541 e. The molecule has 0 aliphatic rings. The van der Waals surface area contributed by atoms with Crippen LogP contribution in [0.25, 0.3) is 29.0 Å². The molecule has 0 bridgehead atoms. The number of aryl methyl sites for hydroxylation is 1. The van der Waals surface area contributed by atoms with E-state index >= 15 is 0 Å². The third kappa shape index (κ3) is 5.50. The molecule has 0 aliphatic heterocycles. The van der Waals surface area contributed by atoms with E-state index in [-0.39, 0.29) is 0 Å². The van der Waals surface area contributed by atoms with Crippen LogP contribution in [-0.4, -0.2) is 4.57 Å². The Morgan fingerprint density at radius 2 is 0.800 bits per heavy atom. The Morgan fingerprint density at radius 3 is 1.20 bits per heavy atom. The van der Waals surface area contributed by atoms with Crippen LogP contribution < -0.4 is 0 Å². The van der Waals surface area contributed by atoms with Crippen LogP contribution >= 0.6 is 0 Å². The molecule has 0 N–H and O–H groups in total. The second-order valence-corrected chi connectivity index (χ2v) is 9.94. The van der Waals surface area contributed by atoms with Crippen molar-refractivity contribution >= 4 is 23.3 Å². The van der Waals surface area contributed by atoms with E-state index in [1.807, 2.05) is 0 Å². The van der Waals surface area contributed by atoms with Gasteiger partial charge in [0.1, 0.15) is 0 Å². The van der Waals surface area contributed by atoms with Crippen LogP contribution in [0.15, 0.2) is 158 Å². The van der Waals surface area contributed by atoms with Crippen molar-refractivity contribution in [3.63, 3.8) is 0 Å². The number of benzene rings is 5. The Morgan fingerprint density at radius 1 is 0.425 bits per heavy atom. The fourth-order valence-corrected chi connectivity index (χ4v) is 5.11. The topological polar surface area (TPSA) is 4.93 Å². The molecule has 0 saturated heterocycles. The second kappa shape index (κ2) is 11.7. The third-order valence-corrected chi connectivity index (χ3v) is 7.12. The molecule has 1 nitrogen and oxygen atoms in total. The number of rotatable bonds is 7. The molecule has 6 rings (SSSR count). The van der Waals surface area contributed by atoms with Gasteiger partial charge in [0.05, 0.1) is 11.4 Å². The van der Waals surface area contributed by atoms with Gasteiger partial charge < -0.3 is 4.57 Å². The van der Waals surface area contributed by atoms with Gasteiger partial charge >= 0.3 is 0 Å². The van der Waals surface area contributed by atoms with Crippen molar-refractivity contribution in [3.8, 4) is 5.69 Å². The fraction of sp³-hybridized carbons (Fsp3) is 0.0256. The summed E-state index contributed by atoms with van der Waals surface area (Å²) in [6, 6.07) is 55.8. The lowest BCUT2D eigenvalue weighted by Gasteiger charge is -2.19. The van der Waals surface area contributed by atoms with Gasteiger partial charge in [-0.2, -0.15) is 0 Å². The third-order valence-electron chi connectivity index (χ3n) is 7.12. The van der Waals surface area contributed by atoms with Crippen molar-refractivity contribution in [2.75, 3.05) is 0 Å². The minimum Gasteiger partial charge on any atom is -0.309 e. The molecule has 1 aromatic heterocycles. The summed E-state index contributed by atoms with van der Waals surface area (Å²) in [5, 5.41) is 0. The largest absolute Gasteiger partial charge is 0.309 e. The molecule has 0 saturated carbocycles. The lowest BCUT2D eigenvalue weighted by molar-refractivity contribution is 1.03. The van der Waals surface area contributed by atoms with Crippen molar-refractivity contribution in [2.24, 2.45) is 0 Å². The van der Waals surface area contributed by atoms with Gasteiger partial charge in [-0.15, -0.1) is 0 Å². The molecule has 0 amide bonds. The van der Waals surface area contributed by atoms with Crippen LogP contribution in [-0.2, 0) is 0 Å². The lowest BCUT2D eigenvalue weighted by Crippen LogP contribution is -2.06. The molecule has 0 spiro atoms. The highest BCUT2D eigenvalue weighted by atomic mass is 15.0. The first-order valence-corrected chi connectivity index (χ1v) is 13.7. The Hall–Kier alpha value is -5.14. The van der Waals surface area contributed by atoms with Crippen molar-refractivity contribution in [1.82, 2.24) is 4.57 Å². The van der Waals surface area contributed by atoms with Gasteiger partial charge in [-0.05, 0) is 65.6 Å². The van der Waals surface area contributed by atoms with Crippen molar-refractivity contribution in [2.45, 2.75) is 6.92 Å². The SMILES string of the molecule is Cc1ccc(-n2c(C(=Cc3ccccc3)c3ccccc3)ccc2C(=Cc2ccccc2)c2ccccc2)cc1. The fourth-order valence-electron chi connectivity index (χ4n) is 5.11. The normalized spacial score (nSPS) is 11.9. The quantitative estimate of drug-likeness (QED) is 0.187. The lowest BCUT2D eigenvalue weighted by atomic mass is 9.99. The van der Waals surface area contributed by atoms with Crippen molar-refractivity contribution in [1.29, 1.82) is 0 Å². The molecule has 1 heteroatoms. The summed E-state index contributed by atoms with van der Waals surface area (Å²) in [5.74, 6) is 0. The molecular formula is C39H31N. The molecule has 5 aromatic carbocycles. The van der Waals surface area contributed by atoms with E-state index in [1.54, 1.807) is 0 Å². The zero-order valence-corrected chi connectivity index (χ0v) is 22.6. The first-order chi connectivity index (χ1) is 19.8. The number of hydrogen-bond acceptors (Lipinski definition) is 0. The summed E-state index contributed by atoms with van der Waals surface area (Å²) in [4.78, 5) is 0. The molecule has 0 radical (unpaired) electrons. The van der Waals surface area contributed by atoms with Crippen LogP contribution in [0.4, 0.5) is 0 Å². The zero-order chi connectivity index (χ0) is 27.1. The van der Waals surface area contributed by atoms with Gasteiger partial charge in [-0.25, -0.2) is 0 Å². The summed E-state index contributed by atoms with van der Waals surface area (Å²) in [5.41, 5.74) is 11.7. The zero-order valence-electron chi connectivity index (χ0n) is 22.6. The molecule has 1 heterocycles. The highest BCUT2D eigenvalue weighted by Gasteiger charge is 2.19. The summed E-state index contributed by atoms with van der Waals surface area (Å²) in [6.45, 7) is 2.14. The number of hydrogen-bond donors (Lipinski definition) is 0. The Bertz CT molecular complexity index is 1630. The molecule has 0 atom stereocenters. The first kappa shape index (κ1) is 25.2. The van der Waals surface area contributed by atoms with Gasteiger partial charge in [0, 0.05) is 16.8 Å². The van der Waals surface area contributed by atoms with Crippen molar-refractivity contribution < 1.29 is 0 Å². The van der Waals surface area contributed by atoms with E-state index in [2.05, 4.69) is 181 Å². The summed E-state index contributed by atoms with van der Waals surface area (Å²) >= 11 is 0. The van der Waals surface area contributed by atoms with E-state index in [1.165, 1.54) is 39.0 Å². The maximum atomic E-state index is 2.41. The van der Waals surface area contributed by atoms with E-state index in [4.69, 9.17) is 0 Å². The van der Waals surface area contributed by atoms with E-state index in [0.29, 0.717) is 0 Å². The van der Waals surface area contributed by atoms with Crippen LogP contribution in [0.5, 0.6) is 0 Å². The van der Waals surface area contributed by atoms with Gasteiger partial charge in [-0.3, -0.25) is 0 Å². The van der Waals surface area contributed by atoms with E-state index < -0.39 is 0 Å². The highest BCUT2D eigenvalue weighted by Crippen LogP contribution is 2.35. The Kier molecular flexibility index (Phi) is 7.37. The molecule has 0 fully saturated rings. The Balaban J connectivity index is 1.64. The maximum absolute atomic E-state index is 2.41. The van der Waals surface area contributed by atoms with Gasteiger partial charge in [0.25, 0.3) is 0 Å². The van der Waals surface area contributed by atoms with Gasteiger partial charge in [0.15, 0.2) is 0 Å². The molecule has 192 valence electrons. The average Bonchev–Trinajstić information content (AvgIpc) is 3.45. The molecule has 0 aliphatic carbocycles. The standard InChI is InChI=1S/C39H31N/c1-30-22-24-35(25-23-30)40-38(36(33-18-10-4-11-19-33)28-31-14-6-2-7-15-31)26-27-39(40)37(34-20-12-5-13-21-34)29-32-16-8-3-9-17-32/h2-29H,1H3. The van der Waals surface area contributed by atoms with Crippen LogP contribution in [0.1, 0.15) is 39.2 Å². The smallest absolute Gasteiger partial charge is 0.0541 e. The molecule has 6 aromatic rings. The summed E-state index contributed by atoms with van der Waals surface area (Å²) in [6.07, 6.45) is 4.59. The molecule has 0 unspecified atom stereocenters. The average molecular weight is 514 g/mol. The summed E-state index contributed by atoms with van der Waals surface area (Å²) < 4.78 is 2.41. The van der Waals surface area contributed by atoms with Crippen LogP contribution in [0.2, 0.25) is 0 Å². The van der Waals surface area contributed by atoms with Crippen LogP contribution in [0, 0.1) is 6.92 Å². The van der Waals surface area contributed by atoms with Gasteiger partial charge in [0.2, 0.25) is 0 Å². The Labute approximate surface area is 237 Å². The summed E-state index contributed by atoms with van der Waals surface area (Å²) in [7, 11) is 0. The second-order valence-electron chi connectivity index (χ2n) is 9.94. The number of nitrogens with zero attached hydrogens (tertiary/aromatic N) is 1. The first-order valence-electron chi connectivity index (χ1n) is 13.7. The highest BCUT2D eigenvalue weighted by molar-refractivity contribution is 5.95. The van der Waals surface area contributed by atoms with Crippen LogP contribution in [0.3, 0.4) is 0 Å². The predicted molar refractivity (Wildman–Crippen MR) is 170 cm³/mol. The minimum absolute atomic E-state index is 1.13. The predicted octanol–water partition coefficient (Wildman–Crippen LogP) is 9.96. The number of aromatic nitrogens is 1. The minimum atomic E-state index is 1.13. The molecular weight excluding hydrogens is 482 g/mol. The molecule has 40 heavy (non-hydrogen) atoms. The van der Waals surface area contributed by atoms with Gasteiger partial charge in [-0.1, -0.05) is 139 Å². The van der Waals surface area contributed by atoms with E-state index in [0.717, 1.165) is 17.1 Å².